The molecule has 0 saturated carbocycles. The van der Waals surface area contributed by atoms with Gasteiger partial charge in [0, 0.05) is 25.8 Å². The van der Waals surface area contributed by atoms with Gasteiger partial charge in [-0.05, 0) is 12.5 Å². The van der Waals surface area contributed by atoms with Crippen LogP contribution in [0.15, 0.2) is 12.3 Å². The number of carbonyl (C=O) groups is 1. The van der Waals surface area contributed by atoms with Crippen molar-refractivity contribution < 1.29 is 13.2 Å². The van der Waals surface area contributed by atoms with E-state index in [2.05, 4.69) is 20.3 Å². The summed E-state index contributed by atoms with van der Waals surface area (Å²) in [4.78, 5) is 16.1. The minimum Gasteiger partial charge on any atom is -0.370 e. The van der Waals surface area contributed by atoms with Crippen molar-refractivity contribution >= 4 is 33.3 Å². The highest BCUT2D eigenvalue weighted by molar-refractivity contribution is 7.88. The molecule has 1 rings (SSSR count). The third-order valence-corrected chi connectivity index (χ3v) is 3.46. The van der Waals surface area contributed by atoms with Crippen LogP contribution in [0.2, 0.25) is 5.02 Å². The fourth-order valence-corrected chi connectivity index (χ4v) is 2.13. The van der Waals surface area contributed by atoms with Gasteiger partial charge in [0.25, 0.3) is 5.91 Å². The van der Waals surface area contributed by atoms with Gasteiger partial charge in [-0.3, -0.25) is 4.79 Å². The molecule has 0 aromatic carbocycles. The van der Waals surface area contributed by atoms with Crippen molar-refractivity contribution in [1.29, 1.82) is 0 Å². The first kappa shape index (κ1) is 17.7. The SMILES string of the molecule is CCCNc1cc(C(=O)NCCNS(C)(=O)=O)c(Cl)cn1. The van der Waals surface area contributed by atoms with E-state index in [1.807, 2.05) is 6.92 Å². The van der Waals surface area contributed by atoms with Crippen LogP contribution in [0.3, 0.4) is 0 Å². The Hall–Kier alpha value is -1.38. The van der Waals surface area contributed by atoms with Gasteiger partial charge in [0.2, 0.25) is 10.0 Å². The molecule has 1 aromatic rings. The van der Waals surface area contributed by atoms with Crippen molar-refractivity contribution in [2.45, 2.75) is 13.3 Å². The average Bonchev–Trinajstić information content (AvgIpc) is 2.41. The van der Waals surface area contributed by atoms with Crippen LogP contribution in [-0.2, 0) is 10.0 Å². The van der Waals surface area contributed by atoms with Crippen LogP contribution >= 0.6 is 11.6 Å². The molecule has 9 heteroatoms. The zero-order valence-corrected chi connectivity index (χ0v) is 13.5. The molecule has 1 amide bonds. The summed E-state index contributed by atoms with van der Waals surface area (Å²) in [7, 11) is -3.26. The zero-order valence-electron chi connectivity index (χ0n) is 11.9. The van der Waals surface area contributed by atoms with Gasteiger partial charge in [-0.15, -0.1) is 0 Å². The number of sulfonamides is 1. The lowest BCUT2D eigenvalue weighted by Crippen LogP contribution is -2.34. The topological polar surface area (TPSA) is 100 Å². The lowest BCUT2D eigenvalue weighted by Gasteiger charge is -2.09. The van der Waals surface area contributed by atoms with Crippen LogP contribution in [-0.4, -0.2) is 45.2 Å². The Labute approximate surface area is 129 Å². The molecule has 7 nitrogen and oxygen atoms in total. The largest absolute Gasteiger partial charge is 0.370 e. The summed E-state index contributed by atoms with van der Waals surface area (Å²) < 4.78 is 24.0. The van der Waals surface area contributed by atoms with Crippen molar-refractivity contribution in [2.75, 3.05) is 31.2 Å². The zero-order chi connectivity index (χ0) is 15.9. The Morgan fingerprint density at radius 3 is 2.67 bits per heavy atom. The Balaban J connectivity index is 2.60. The van der Waals surface area contributed by atoms with Gasteiger partial charge in [-0.25, -0.2) is 18.1 Å². The smallest absolute Gasteiger partial charge is 0.253 e. The molecule has 1 heterocycles. The van der Waals surface area contributed by atoms with Crippen LogP contribution in [0.4, 0.5) is 5.82 Å². The average molecular weight is 335 g/mol. The fraction of sp³-hybridized carbons (Fsp3) is 0.500. The van der Waals surface area contributed by atoms with E-state index in [1.54, 1.807) is 6.07 Å². The molecule has 0 spiro atoms. The van der Waals surface area contributed by atoms with E-state index in [4.69, 9.17) is 11.6 Å². The van der Waals surface area contributed by atoms with E-state index in [1.165, 1.54) is 6.20 Å². The monoisotopic (exact) mass is 334 g/mol. The lowest BCUT2D eigenvalue weighted by molar-refractivity contribution is 0.0954. The number of nitrogens with zero attached hydrogens (tertiary/aromatic N) is 1. The molecule has 0 saturated heterocycles. The molecule has 0 radical (unpaired) electrons. The molecule has 0 fully saturated rings. The van der Waals surface area contributed by atoms with E-state index in [0.717, 1.165) is 19.2 Å². The molecule has 3 N–H and O–H groups in total. The van der Waals surface area contributed by atoms with Crippen LogP contribution < -0.4 is 15.4 Å². The van der Waals surface area contributed by atoms with Crippen LogP contribution in [0.25, 0.3) is 0 Å². The number of anilines is 1. The molecular formula is C12H19ClN4O3S. The predicted octanol–water partition coefficient (Wildman–Crippen LogP) is 0.836. The highest BCUT2D eigenvalue weighted by Gasteiger charge is 2.12. The Morgan fingerprint density at radius 1 is 1.33 bits per heavy atom. The maximum atomic E-state index is 12.0. The molecule has 21 heavy (non-hydrogen) atoms. The first-order chi connectivity index (χ1) is 9.83. The summed E-state index contributed by atoms with van der Waals surface area (Å²) in [5.41, 5.74) is 0.296. The minimum atomic E-state index is -3.26. The van der Waals surface area contributed by atoms with Crippen molar-refractivity contribution in [3.63, 3.8) is 0 Å². The lowest BCUT2D eigenvalue weighted by atomic mass is 10.2. The quantitative estimate of drug-likeness (QED) is 0.612. The second-order valence-electron chi connectivity index (χ2n) is 4.40. The summed E-state index contributed by atoms with van der Waals surface area (Å²) in [6, 6.07) is 1.57. The standard InChI is InChI=1S/C12H19ClN4O3S/c1-3-4-14-11-7-9(10(13)8-16-11)12(18)15-5-6-17-21(2,19)20/h7-8,17H,3-6H2,1-2H3,(H,14,16)(H,15,18). The molecule has 0 aliphatic rings. The second kappa shape index (κ2) is 8.16. The van der Waals surface area contributed by atoms with E-state index >= 15 is 0 Å². The molecule has 0 bridgehead atoms. The Bertz CT molecular complexity index is 592. The number of aromatic nitrogens is 1. The summed E-state index contributed by atoms with van der Waals surface area (Å²) in [6.45, 7) is 3.05. The summed E-state index contributed by atoms with van der Waals surface area (Å²) in [5.74, 6) is 0.193. The van der Waals surface area contributed by atoms with E-state index in [0.29, 0.717) is 11.4 Å². The van der Waals surface area contributed by atoms with Crippen LogP contribution in [0.5, 0.6) is 0 Å². The number of rotatable bonds is 8. The van der Waals surface area contributed by atoms with Gasteiger partial charge in [0.1, 0.15) is 5.82 Å². The minimum absolute atomic E-state index is 0.119. The van der Waals surface area contributed by atoms with Crippen molar-refractivity contribution in [1.82, 2.24) is 15.0 Å². The third-order valence-electron chi connectivity index (χ3n) is 2.43. The number of nitrogens with one attached hydrogen (secondary N) is 3. The third kappa shape index (κ3) is 6.74. The van der Waals surface area contributed by atoms with E-state index in [-0.39, 0.29) is 24.0 Å². The molecule has 0 aliphatic heterocycles. The second-order valence-corrected chi connectivity index (χ2v) is 6.64. The van der Waals surface area contributed by atoms with Gasteiger partial charge >= 0.3 is 0 Å². The van der Waals surface area contributed by atoms with E-state index in [9.17, 15) is 13.2 Å². The summed E-state index contributed by atoms with van der Waals surface area (Å²) >= 11 is 5.95. The highest BCUT2D eigenvalue weighted by Crippen LogP contribution is 2.17. The van der Waals surface area contributed by atoms with Gasteiger partial charge in [0.05, 0.1) is 16.8 Å². The molecule has 0 aliphatic carbocycles. The highest BCUT2D eigenvalue weighted by atomic mass is 35.5. The van der Waals surface area contributed by atoms with Gasteiger partial charge < -0.3 is 10.6 Å². The Kier molecular flexibility index (Phi) is 6.86. The first-order valence-corrected chi connectivity index (χ1v) is 8.72. The maximum Gasteiger partial charge on any atom is 0.253 e. The number of carbonyl (C=O) groups excluding carboxylic acids is 1. The fourth-order valence-electron chi connectivity index (χ4n) is 1.47. The van der Waals surface area contributed by atoms with Crippen molar-refractivity contribution in [3.8, 4) is 0 Å². The van der Waals surface area contributed by atoms with E-state index < -0.39 is 10.0 Å². The molecule has 0 atom stereocenters. The number of pyridine rings is 1. The Morgan fingerprint density at radius 2 is 2.05 bits per heavy atom. The predicted molar refractivity (Wildman–Crippen MR) is 83.2 cm³/mol. The van der Waals surface area contributed by atoms with Crippen LogP contribution in [0.1, 0.15) is 23.7 Å². The normalized spacial score (nSPS) is 11.2. The number of hydrogen-bond acceptors (Lipinski definition) is 5. The first-order valence-electron chi connectivity index (χ1n) is 6.45. The van der Waals surface area contributed by atoms with Crippen LogP contribution in [0, 0.1) is 0 Å². The molecule has 1 aromatic heterocycles. The number of halogens is 1. The summed E-state index contributed by atoms with van der Waals surface area (Å²) in [5, 5.41) is 5.89. The van der Waals surface area contributed by atoms with Gasteiger partial charge in [-0.1, -0.05) is 18.5 Å². The van der Waals surface area contributed by atoms with Gasteiger partial charge in [-0.2, -0.15) is 0 Å². The number of amides is 1. The number of hydrogen-bond donors (Lipinski definition) is 3. The van der Waals surface area contributed by atoms with Crippen molar-refractivity contribution in [2.24, 2.45) is 0 Å². The molecule has 0 unspecified atom stereocenters. The van der Waals surface area contributed by atoms with Gasteiger partial charge in [0.15, 0.2) is 0 Å². The maximum absolute atomic E-state index is 12.0. The molecular weight excluding hydrogens is 316 g/mol. The van der Waals surface area contributed by atoms with Crippen molar-refractivity contribution in [3.05, 3.63) is 22.8 Å². The molecule has 118 valence electrons. The summed E-state index contributed by atoms with van der Waals surface area (Å²) in [6.07, 6.45) is 3.40.